The minimum atomic E-state index is -0.650. The summed E-state index contributed by atoms with van der Waals surface area (Å²) in [6, 6.07) is -0.0690. The molecule has 0 spiro atoms. The molecule has 0 radical (unpaired) electrons. The van der Waals surface area contributed by atoms with Crippen molar-refractivity contribution in [2.24, 2.45) is 0 Å². The van der Waals surface area contributed by atoms with Crippen LogP contribution in [0.4, 0.5) is 4.79 Å². The number of ether oxygens (including phenoxy) is 1. The van der Waals surface area contributed by atoms with Gasteiger partial charge in [0.1, 0.15) is 0 Å². The summed E-state index contributed by atoms with van der Waals surface area (Å²) in [6.07, 6.45) is 0.928. The SMILES string of the molecule is CCOC(=O)N1CCC(NC(=O)C(=O)NC)CC1. The lowest BCUT2D eigenvalue weighted by Crippen LogP contribution is -2.49. The highest BCUT2D eigenvalue weighted by atomic mass is 16.6. The summed E-state index contributed by atoms with van der Waals surface area (Å²) in [6.45, 7) is 3.16. The van der Waals surface area contributed by atoms with E-state index in [1.807, 2.05) is 0 Å². The zero-order valence-corrected chi connectivity index (χ0v) is 10.7. The Balaban J connectivity index is 2.33. The zero-order valence-electron chi connectivity index (χ0n) is 10.7. The van der Waals surface area contributed by atoms with Crippen LogP contribution >= 0.6 is 0 Å². The molecule has 1 heterocycles. The maximum Gasteiger partial charge on any atom is 0.409 e. The van der Waals surface area contributed by atoms with Crippen molar-refractivity contribution in [2.45, 2.75) is 25.8 Å². The molecule has 1 saturated heterocycles. The molecule has 7 nitrogen and oxygen atoms in total. The zero-order chi connectivity index (χ0) is 13.5. The third-order valence-electron chi connectivity index (χ3n) is 2.79. The van der Waals surface area contributed by atoms with E-state index in [4.69, 9.17) is 4.74 Å². The highest BCUT2D eigenvalue weighted by Gasteiger charge is 2.25. The van der Waals surface area contributed by atoms with E-state index in [0.29, 0.717) is 32.5 Å². The van der Waals surface area contributed by atoms with Crippen LogP contribution in [0, 0.1) is 0 Å². The van der Waals surface area contributed by atoms with Gasteiger partial charge in [-0.2, -0.15) is 0 Å². The second-order valence-corrected chi connectivity index (χ2v) is 4.01. The van der Waals surface area contributed by atoms with Crippen molar-refractivity contribution in [3.63, 3.8) is 0 Å². The van der Waals surface area contributed by atoms with Crippen LogP contribution in [0.15, 0.2) is 0 Å². The van der Waals surface area contributed by atoms with Gasteiger partial charge >= 0.3 is 17.9 Å². The second kappa shape index (κ2) is 6.83. The van der Waals surface area contributed by atoms with E-state index in [0.717, 1.165) is 0 Å². The van der Waals surface area contributed by atoms with Crippen molar-refractivity contribution in [1.29, 1.82) is 0 Å². The molecular formula is C11H19N3O4. The van der Waals surface area contributed by atoms with E-state index < -0.39 is 11.8 Å². The molecule has 0 unspecified atom stereocenters. The predicted octanol–water partition coefficient (Wildman–Crippen LogP) is -0.530. The maximum atomic E-state index is 11.4. The fourth-order valence-corrected chi connectivity index (χ4v) is 1.79. The molecular weight excluding hydrogens is 238 g/mol. The molecule has 1 aliphatic heterocycles. The van der Waals surface area contributed by atoms with Gasteiger partial charge in [0.05, 0.1) is 6.61 Å². The molecule has 0 bridgehead atoms. The van der Waals surface area contributed by atoms with Crippen LogP contribution in [0.1, 0.15) is 19.8 Å². The number of amides is 3. The number of carbonyl (C=O) groups is 3. The van der Waals surface area contributed by atoms with Crippen LogP contribution in [0.5, 0.6) is 0 Å². The standard InChI is InChI=1S/C11H19N3O4/c1-3-18-11(17)14-6-4-8(5-7-14)13-10(16)9(15)12-2/h8H,3-7H2,1-2H3,(H,12,15)(H,13,16). The van der Waals surface area contributed by atoms with E-state index in [1.54, 1.807) is 11.8 Å². The Morgan fingerprint density at radius 3 is 2.33 bits per heavy atom. The van der Waals surface area contributed by atoms with Gasteiger partial charge in [-0.05, 0) is 19.8 Å². The highest BCUT2D eigenvalue weighted by molar-refractivity contribution is 6.35. The van der Waals surface area contributed by atoms with Gasteiger partial charge in [-0.15, -0.1) is 0 Å². The number of piperidine rings is 1. The molecule has 0 saturated carbocycles. The lowest BCUT2D eigenvalue weighted by molar-refractivity contribution is -0.139. The fourth-order valence-electron chi connectivity index (χ4n) is 1.79. The first-order chi connectivity index (χ1) is 8.58. The Labute approximate surface area is 106 Å². The molecule has 0 aromatic rings. The van der Waals surface area contributed by atoms with E-state index in [-0.39, 0.29) is 12.1 Å². The topological polar surface area (TPSA) is 87.7 Å². The van der Waals surface area contributed by atoms with Crippen molar-refractivity contribution < 1.29 is 19.1 Å². The average Bonchev–Trinajstić information content (AvgIpc) is 2.38. The summed E-state index contributed by atoms with van der Waals surface area (Å²) in [4.78, 5) is 35.4. The number of likely N-dealkylation sites (tertiary alicyclic amines) is 1. The third-order valence-corrected chi connectivity index (χ3v) is 2.79. The van der Waals surface area contributed by atoms with Gasteiger partial charge in [0.15, 0.2) is 0 Å². The number of nitrogens with one attached hydrogen (secondary N) is 2. The molecule has 0 atom stereocenters. The first kappa shape index (κ1) is 14.3. The van der Waals surface area contributed by atoms with Gasteiger partial charge in [0, 0.05) is 26.2 Å². The Morgan fingerprint density at radius 2 is 1.83 bits per heavy atom. The lowest BCUT2D eigenvalue weighted by atomic mass is 10.1. The van der Waals surface area contributed by atoms with Crippen molar-refractivity contribution in [2.75, 3.05) is 26.7 Å². The number of likely N-dealkylation sites (N-methyl/N-ethyl adjacent to an activating group) is 1. The van der Waals surface area contributed by atoms with Gasteiger partial charge in [-0.1, -0.05) is 0 Å². The smallest absolute Gasteiger partial charge is 0.409 e. The first-order valence-electron chi connectivity index (χ1n) is 6.02. The summed E-state index contributed by atoms with van der Waals surface area (Å²) in [5.41, 5.74) is 0. The first-order valence-corrected chi connectivity index (χ1v) is 6.02. The van der Waals surface area contributed by atoms with Crippen molar-refractivity contribution in [3.8, 4) is 0 Å². The van der Waals surface area contributed by atoms with Gasteiger partial charge in [-0.25, -0.2) is 4.79 Å². The lowest BCUT2D eigenvalue weighted by Gasteiger charge is -2.31. The van der Waals surface area contributed by atoms with Crippen LogP contribution in [0.3, 0.4) is 0 Å². The van der Waals surface area contributed by atoms with Crippen molar-refractivity contribution in [1.82, 2.24) is 15.5 Å². The summed E-state index contributed by atoms with van der Waals surface area (Å²) in [7, 11) is 1.41. The molecule has 0 aromatic heterocycles. The van der Waals surface area contributed by atoms with Gasteiger partial charge in [0.2, 0.25) is 0 Å². The monoisotopic (exact) mass is 257 g/mol. The van der Waals surface area contributed by atoms with Crippen LogP contribution in [-0.2, 0) is 14.3 Å². The van der Waals surface area contributed by atoms with Crippen LogP contribution < -0.4 is 10.6 Å². The summed E-state index contributed by atoms with van der Waals surface area (Å²) >= 11 is 0. The molecule has 0 aliphatic carbocycles. The number of hydrogen-bond donors (Lipinski definition) is 2. The molecule has 2 N–H and O–H groups in total. The van der Waals surface area contributed by atoms with Crippen molar-refractivity contribution >= 4 is 17.9 Å². The predicted molar refractivity (Wildman–Crippen MR) is 63.8 cm³/mol. The van der Waals surface area contributed by atoms with E-state index in [1.165, 1.54) is 7.05 Å². The number of carbonyl (C=O) groups excluding carboxylic acids is 3. The fraction of sp³-hybridized carbons (Fsp3) is 0.727. The minimum absolute atomic E-state index is 0.0690. The Morgan fingerprint density at radius 1 is 1.22 bits per heavy atom. The van der Waals surface area contributed by atoms with Crippen molar-refractivity contribution in [3.05, 3.63) is 0 Å². The quantitative estimate of drug-likeness (QED) is 0.651. The van der Waals surface area contributed by atoms with Crippen LogP contribution in [0.25, 0.3) is 0 Å². The van der Waals surface area contributed by atoms with Gasteiger partial charge < -0.3 is 20.3 Å². The highest BCUT2D eigenvalue weighted by Crippen LogP contribution is 2.11. The Hall–Kier alpha value is -1.79. The van der Waals surface area contributed by atoms with Crippen LogP contribution in [0.2, 0.25) is 0 Å². The van der Waals surface area contributed by atoms with E-state index in [2.05, 4.69) is 10.6 Å². The number of nitrogens with zero attached hydrogens (tertiary/aromatic N) is 1. The molecule has 1 fully saturated rings. The van der Waals surface area contributed by atoms with E-state index in [9.17, 15) is 14.4 Å². The van der Waals surface area contributed by atoms with Gasteiger partial charge in [-0.3, -0.25) is 9.59 Å². The molecule has 1 aliphatic rings. The summed E-state index contributed by atoms with van der Waals surface area (Å²) in [5.74, 6) is -1.28. The van der Waals surface area contributed by atoms with Gasteiger partial charge in [0.25, 0.3) is 0 Å². The average molecular weight is 257 g/mol. The Kier molecular flexibility index (Phi) is 5.41. The third kappa shape index (κ3) is 3.90. The maximum absolute atomic E-state index is 11.4. The molecule has 0 aromatic carbocycles. The largest absolute Gasteiger partial charge is 0.450 e. The second-order valence-electron chi connectivity index (χ2n) is 4.01. The van der Waals surface area contributed by atoms with E-state index >= 15 is 0 Å². The molecule has 3 amide bonds. The minimum Gasteiger partial charge on any atom is -0.450 e. The number of hydrogen-bond acceptors (Lipinski definition) is 4. The summed E-state index contributed by atoms with van der Waals surface area (Å²) in [5, 5.41) is 4.89. The summed E-state index contributed by atoms with van der Waals surface area (Å²) < 4.78 is 4.89. The molecule has 1 rings (SSSR count). The normalized spacial score (nSPS) is 16.0. The number of rotatable bonds is 2. The molecule has 102 valence electrons. The molecule has 7 heteroatoms. The molecule has 18 heavy (non-hydrogen) atoms. The Bertz CT molecular complexity index is 324. The van der Waals surface area contributed by atoms with Crippen LogP contribution in [-0.4, -0.2) is 55.6 Å².